The number of Topliss-reactive ketones (excluding diaryl/α,β-unsaturated/α-hetero) is 1. The molecule has 1 saturated heterocycles. The van der Waals surface area contributed by atoms with Crippen molar-refractivity contribution in [3.63, 3.8) is 0 Å². The SMILES string of the molecule is Cc1cc(N(C)CCN2CCC(=O)CC2)ccn1. The molecule has 0 radical (unpaired) electrons. The minimum absolute atomic E-state index is 0.407. The van der Waals surface area contributed by atoms with E-state index >= 15 is 0 Å². The van der Waals surface area contributed by atoms with Crippen LogP contribution < -0.4 is 4.90 Å². The molecule has 0 unspecified atom stereocenters. The van der Waals surface area contributed by atoms with Crippen LogP contribution in [0.2, 0.25) is 0 Å². The van der Waals surface area contributed by atoms with E-state index in [4.69, 9.17) is 0 Å². The lowest BCUT2D eigenvalue weighted by molar-refractivity contribution is -0.121. The van der Waals surface area contributed by atoms with Crippen LogP contribution in [0.5, 0.6) is 0 Å². The van der Waals surface area contributed by atoms with Crippen LogP contribution in [0, 0.1) is 6.92 Å². The summed E-state index contributed by atoms with van der Waals surface area (Å²) in [4.78, 5) is 20.0. The first kappa shape index (κ1) is 13.0. The Morgan fingerprint density at radius 3 is 2.78 bits per heavy atom. The second-order valence-electron chi connectivity index (χ2n) is 4.96. The van der Waals surface area contributed by atoms with Gasteiger partial charge in [0.1, 0.15) is 5.78 Å². The average molecular weight is 247 g/mol. The van der Waals surface area contributed by atoms with Crippen LogP contribution in [0.25, 0.3) is 0 Å². The highest BCUT2D eigenvalue weighted by Crippen LogP contribution is 2.12. The molecule has 0 N–H and O–H groups in total. The van der Waals surface area contributed by atoms with Crippen LogP contribution in [0.1, 0.15) is 18.5 Å². The van der Waals surface area contributed by atoms with Gasteiger partial charge in [-0.2, -0.15) is 0 Å². The summed E-state index contributed by atoms with van der Waals surface area (Å²) >= 11 is 0. The second-order valence-corrected chi connectivity index (χ2v) is 4.96. The Morgan fingerprint density at radius 2 is 2.11 bits per heavy atom. The van der Waals surface area contributed by atoms with E-state index in [0.717, 1.165) is 44.7 Å². The molecule has 98 valence electrons. The molecule has 0 aromatic carbocycles. The van der Waals surface area contributed by atoms with Crippen LogP contribution in [0.3, 0.4) is 0 Å². The zero-order valence-corrected chi connectivity index (χ0v) is 11.2. The average Bonchev–Trinajstić information content (AvgIpc) is 2.38. The van der Waals surface area contributed by atoms with E-state index in [1.807, 2.05) is 19.2 Å². The molecule has 18 heavy (non-hydrogen) atoms. The molecular formula is C14H21N3O. The lowest BCUT2D eigenvalue weighted by Crippen LogP contribution is -2.38. The van der Waals surface area contributed by atoms with Gasteiger partial charge in [-0.05, 0) is 19.1 Å². The van der Waals surface area contributed by atoms with Crippen molar-refractivity contribution in [1.29, 1.82) is 0 Å². The topological polar surface area (TPSA) is 36.4 Å². The lowest BCUT2D eigenvalue weighted by atomic mass is 10.1. The quantitative estimate of drug-likeness (QED) is 0.807. The fourth-order valence-corrected chi connectivity index (χ4v) is 2.21. The van der Waals surface area contributed by atoms with E-state index < -0.39 is 0 Å². The largest absolute Gasteiger partial charge is 0.373 e. The van der Waals surface area contributed by atoms with Gasteiger partial charge in [-0.25, -0.2) is 0 Å². The normalized spacial score (nSPS) is 16.9. The first-order valence-electron chi connectivity index (χ1n) is 6.53. The maximum absolute atomic E-state index is 11.2. The predicted molar refractivity (Wildman–Crippen MR) is 72.9 cm³/mol. The Labute approximate surface area is 109 Å². The number of anilines is 1. The summed E-state index contributed by atoms with van der Waals surface area (Å²) in [7, 11) is 2.10. The number of carbonyl (C=O) groups excluding carboxylic acids is 1. The maximum Gasteiger partial charge on any atom is 0.135 e. The summed E-state index contributed by atoms with van der Waals surface area (Å²) in [5.41, 5.74) is 2.25. The number of aromatic nitrogens is 1. The molecule has 1 aliphatic heterocycles. The number of rotatable bonds is 4. The van der Waals surface area contributed by atoms with Crippen LogP contribution in [-0.2, 0) is 4.79 Å². The van der Waals surface area contributed by atoms with Gasteiger partial charge in [0.2, 0.25) is 0 Å². The molecule has 0 aliphatic carbocycles. The molecule has 1 aromatic heterocycles. The van der Waals surface area contributed by atoms with E-state index in [9.17, 15) is 4.79 Å². The van der Waals surface area contributed by atoms with Gasteiger partial charge in [-0.1, -0.05) is 0 Å². The Hall–Kier alpha value is -1.42. The number of nitrogens with zero attached hydrogens (tertiary/aromatic N) is 3. The number of ketones is 1. The van der Waals surface area contributed by atoms with Crippen molar-refractivity contribution in [2.24, 2.45) is 0 Å². The Bertz CT molecular complexity index is 409. The van der Waals surface area contributed by atoms with E-state index in [0.29, 0.717) is 5.78 Å². The monoisotopic (exact) mass is 247 g/mol. The van der Waals surface area contributed by atoms with Crippen molar-refractivity contribution in [1.82, 2.24) is 9.88 Å². The van der Waals surface area contributed by atoms with Gasteiger partial charge in [-0.3, -0.25) is 9.78 Å². The Morgan fingerprint density at radius 1 is 1.39 bits per heavy atom. The summed E-state index contributed by atoms with van der Waals surface area (Å²) in [5, 5.41) is 0. The van der Waals surface area contributed by atoms with Crippen LogP contribution in [-0.4, -0.2) is 48.9 Å². The molecule has 1 fully saturated rings. The van der Waals surface area contributed by atoms with Crippen molar-refractivity contribution in [2.45, 2.75) is 19.8 Å². The van der Waals surface area contributed by atoms with Gasteiger partial charge in [0.05, 0.1) is 0 Å². The molecule has 0 amide bonds. The molecule has 2 rings (SSSR count). The molecule has 0 saturated carbocycles. The lowest BCUT2D eigenvalue weighted by Gasteiger charge is -2.28. The van der Waals surface area contributed by atoms with Crippen molar-refractivity contribution in [3.05, 3.63) is 24.0 Å². The summed E-state index contributed by atoms with van der Waals surface area (Å²) < 4.78 is 0. The number of hydrogen-bond donors (Lipinski definition) is 0. The molecule has 4 nitrogen and oxygen atoms in total. The van der Waals surface area contributed by atoms with Gasteiger partial charge in [-0.15, -0.1) is 0 Å². The van der Waals surface area contributed by atoms with Gasteiger partial charge in [0.15, 0.2) is 0 Å². The third-order valence-corrected chi connectivity index (χ3v) is 3.49. The fraction of sp³-hybridized carbons (Fsp3) is 0.571. The van der Waals surface area contributed by atoms with Gasteiger partial charge in [0.25, 0.3) is 0 Å². The second kappa shape index (κ2) is 5.96. The van der Waals surface area contributed by atoms with E-state index in [1.165, 1.54) is 5.69 Å². The zero-order valence-electron chi connectivity index (χ0n) is 11.2. The van der Waals surface area contributed by atoms with Crippen molar-refractivity contribution in [2.75, 3.05) is 38.1 Å². The molecule has 2 heterocycles. The van der Waals surface area contributed by atoms with Crippen LogP contribution >= 0.6 is 0 Å². The highest BCUT2D eigenvalue weighted by Gasteiger charge is 2.15. The smallest absolute Gasteiger partial charge is 0.135 e. The van der Waals surface area contributed by atoms with E-state index in [2.05, 4.69) is 27.9 Å². The summed E-state index contributed by atoms with van der Waals surface area (Å²) in [6.07, 6.45) is 3.29. The highest BCUT2D eigenvalue weighted by atomic mass is 16.1. The van der Waals surface area contributed by atoms with Crippen molar-refractivity contribution >= 4 is 11.5 Å². The first-order chi connectivity index (χ1) is 8.65. The summed E-state index contributed by atoms with van der Waals surface area (Å²) in [5.74, 6) is 0.407. The third-order valence-electron chi connectivity index (χ3n) is 3.49. The van der Waals surface area contributed by atoms with E-state index in [-0.39, 0.29) is 0 Å². The van der Waals surface area contributed by atoms with Gasteiger partial charge < -0.3 is 9.80 Å². The number of likely N-dealkylation sites (tertiary alicyclic amines) is 1. The molecule has 4 heteroatoms. The molecule has 0 bridgehead atoms. The number of hydrogen-bond acceptors (Lipinski definition) is 4. The van der Waals surface area contributed by atoms with Crippen LogP contribution in [0.4, 0.5) is 5.69 Å². The molecule has 0 spiro atoms. The zero-order chi connectivity index (χ0) is 13.0. The summed E-state index contributed by atoms with van der Waals surface area (Å²) in [6.45, 7) is 5.85. The fourth-order valence-electron chi connectivity index (χ4n) is 2.21. The number of pyridine rings is 1. The minimum Gasteiger partial charge on any atom is -0.373 e. The summed E-state index contributed by atoms with van der Waals surface area (Å²) in [6, 6.07) is 4.13. The van der Waals surface area contributed by atoms with Crippen molar-refractivity contribution < 1.29 is 4.79 Å². The maximum atomic E-state index is 11.2. The third kappa shape index (κ3) is 3.53. The Kier molecular flexibility index (Phi) is 4.31. The number of piperidine rings is 1. The molecule has 1 aliphatic rings. The molecule has 0 atom stereocenters. The van der Waals surface area contributed by atoms with Crippen molar-refractivity contribution in [3.8, 4) is 0 Å². The van der Waals surface area contributed by atoms with E-state index in [1.54, 1.807) is 0 Å². The first-order valence-corrected chi connectivity index (χ1v) is 6.53. The standard InChI is InChI=1S/C14H21N3O/c1-12-11-13(3-6-15-12)16(2)9-10-17-7-4-14(18)5-8-17/h3,6,11H,4-5,7-10H2,1-2H3. The minimum atomic E-state index is 0.407. The number of carbonyl (C=O) groups is 1. The molecule has 1 aromatic rings. The highest BCUT2D eigenvalue weighted by molar-refractivity contribution is 5.79. The molecular weight excluding hydrogens is 226 g/mol. The number of likely N-dealkylation sites (N-methyl/N-ethyl adjacent to an activating group) is 1. The number of aryl methyl sites for hydroxylation is 1. The Balaban J connectivity index is 1.81. The van der Waals surface area contributed by atoms with Gasteiger partial charge >= 0.3 is 0 Å². The van der Waals surface area contributed by atoms with Crippen LogP contribution in [0.15, 0.2) is 18.3 Å². The predicted octanol–water partition coefficient (Wildman–Crippen LogP) is 1.49. The van der Waals surface area contributed by atoms with Gasteiger partial charge in [0, 0.05) is 63.6 Å².